The fourth-order valence-corrected chi connectivity index (χ4v) is 3.44. The van der Waals surface area contributed by atoms with E-state index in [9.17, 15) is 4.79 Å². The SMILES string of the molecule is Cc1sc2nc([S-])n(-c3ccccc3)c(=O)c2c1C.[Na+]. The molecule has 96 valence electrons. The Morgan fingerprint density at radius 2 is 1.85 bits per heavy atom. The second-order valence-electron chi connectivity index (χ2n) is 4.33. The molecule has 3 nitrogen and oxygen atoms in total. The molecule has 2 aromatic heterocycles. The van der Waals surface area contributed by atoms with Gasteiger partial charge in [-0.1, -0.05) is 18.2 Å². The van der Waals surface area contributed by atoms with Crippen LogP contribution in [0, 0.1) is 13.8 Å². The number of benzene rings is 1. The number of fused-ring (bicyclic) bond motifs is 1. The van der Waals surface area contributed by atoms with Crippen molar-refractivity contribution in [3.8, 4) is 5.69 Å². The van der Waals surface area contributed by atoms with Crippen LogP contribution in [0.15, 0.2) is 40.3 Å². The normalized spacial score (nSPS) is 10.5. The third-order valence-corrected chi connectivity index (χ3v) is 4.56. The first-order chi connectivity index (χ1) is 9.09. The number of nitrogens with zero attached hydrogens (tertiary/aromatic N) is 2. The Bertz CT molecular complexity index is 825. The number of hydrogen-bond donors (Lipinski definition) is 0. The van der Waals surface area contributed by atoms with Crippen LogP contribution in [0.25, 0.3) is 15.9 Å². The molecule has 20 heavy (non-hydrogen) atoms. The van der Waals surface area contributed by atoms with Crippen molar-refractivity contribution in [1.29, 1.82) is 0 Å². The molecule has 0 saturated heterocycles. The van der Waals surface area contributed by atoms with E-state index in [4.69, 9.17) is 12.6 Å². The van der Waals surface area contributed by atoms with Gasteiger partial charge >= 0.3 is 29.6 Å². The van der Waals surface area contributed by atoms with E-state index in [0.29, 0.717) is 10.5 Å². The maximum absolute atomic E-state index is 12.6. The first-order valence-corrected chi connectivity index (χ1v) is 7.07. The van der Waals surface area contributed by atoms with Crippen molar-refractivity contribution in [3.63, 3.8) is 0 Å². The number of aryl methyl sites for hydroxylation is 2. The molecule has 6 heteroatoms. The van der Waals surface area contributed by atoms with Crippen molar-refractivity contribution < 1.29 is 29.6 Å². The Kier molecular flexibility index (Phi) is 4.66. The molecule has 0 N–H and O–H groups in total. The van der Waals surface area contributed by atoms with Crippen molar-refractivity contribution in [2.75, 3.05) is 0 Å². The van der Waals surface area contributed by atoms with Crippen LogP contribution in [0.4, 0.5) is 0 Å². The predicted molar refractivity (Wildman–Crippen MR) is 80.3 cm³/mol. The molecule has 0 unspecified atom stereocenters. The quantitative estimate of drug-likeness (QED) is 0.360. The summed E-state index contributed by atoms with van der Waals surface area (Å²) in [7, 11) is 0. The van der Waals surface area contributed by atoms with Gasteiger partial charge in [-0.05, 0) is 36.7 Å². The van der Waals surface area contributed by atoms with Crippen LogP contribution in [-0.2, 0) is 12.6 Å². The molecule has 1 aromatic carbocycles. The van der Waals surface area contributed by atoms with Gasteiger partial charge in [0.15, 0.2) is 0 Å². The molecule has 3 aromatic rings. The van der Waals surface area contributed by atoms with Gasteiger partial charge < -0.3 is 12.6 Å². The zero-order chi connectivity index (χ0) is 13.6. The summed E-state index contributed by atoms with van der Waals surface area (Å²) in [6, 6.07) is 9.39. The Morgan fingerprint density at radius 3 is 2.50 bits per heavy atom. The molecule has 2 heterocycles. The maximum atomic E-state index is 12.6. The first kappa shape index (κ1) is 15.7. The van der Waals surface area contributed by atoms with E-state index in [1.54, 1.807) is 0 Å². The smallest absolute Gasteiger partial charge is 0.742 e. The molecule has 0 atom stereocenters. The minimum absolute atomic E-state index is 0. The zero-order valence-electron chi connectivity index (χ0n) is 11.5. The van der Waals surface area contributed by atoms with E-state index in [-0.39, 0.29) is 35.1 Å². The van der Waals surface area contributed by atoms with E-state index in [1.807, 2.05) is 44.2 Å². The van der Waals surface area contributed by atoms with E-state index < -0.39 is 0 Å². The molecule has 0 bridgehead atoms. The van der Waals surface area contributed by atoms with E-state index >= 15 is 0 Å². The first-order valence-electron chi connectivity index (χ1n) is 5.85. The van der Waals surface area contributed by atoms with Crippen molar-refractivity contribution in [2.45, 2.75) is 19.0 Å². The van der Waals surface area contributed by atoms with Gasteiger partial charge in [-0.15, -0.1) is 11.3 Å². The van der Waals surface area contributed by atoms with Crippen LogP contribution in [-0.4, -0.2) is 9.55 Å². The van der Waals surface area contributed by atoms with E-state index in [1.165, 1.54) is 15.9 Å². The number of aromatic nitrogens is 2. The topological polar surface area (TPSA) is 34.9 Å². The zero-order valence-corrected chi connectivity index (χ0v) is 15.1. The van der Waals surface area contributed by atoms with Crippen LogP contribution < -0.4 is 35.1 Å². The largest absolute Gasteiger partial charge is 1.00 e. The molecule has 0 aliphatic heterocycles. The number of thiophene rings is 1. The van der Waals surface area contributed by atoms with Gasteiger partial charge in [0, 0.05) is 10.6 Å². The minimum Gasteiger partial charge on any atom is -0.742 e. The van der Waals surface area contributed by atoms with Crippen molar-refractivity contribution in [2.24, 2.45) is 0 Å². The average Bonchev–Trinajstić information content (AvgIpc) is 2.66. The van der Waals surface area contributed by atoms with E-state index in [2.05, 4.69) is 4.98 Å². The summed E-state index contributed by atoms with van der Waals surface area (Å²) in [6.07, 6.45) is 0. The molecule has 0 radical (unpaired) electrons. The standard InChI is InChI=1S/C14H12N2OS2.Na/c1-8-9(2)19-12-11(8)13(17)16(14(18)15-12)10-6-4-3-5-7-10;/h3-7H,1-2H3,(H,15,18);/q;+1/p-1. The van der Waals surface area contributed by atoms with Crippen molar-refractivity contribution in [3.05, 3.63) is 51.1 Å². The van der Waals surface area contributed by atoms with Crippen LogP contribution in [0.5, 0.6) is 0 Å². The van der Waals surface area contributed by atoms with Crippen LogP contribution in [0.2, 0.25) is 0 Å². The number of rotatable bonds is 1. The molecule has 0 spiro atoms. The van der Waals surface area contributed by atoms with Gasteiger partial charge in [-0.25, -0.2) is 4.98 Å². The van der Waals surface area contributed by atoms with Crippen molar-refractivity contribution >= 4 is 34.2 Å². The number of hydrogen-bond acceptors (Lipinski definition) is 4. The summed E-state index contributed by atoms with van der Waals surface area (Å²) >= 11 is 6.78. The van der Waals surface area contributed by atoms with E-state index in [0.717, 1.165) is 21.0 Å². The fraction of sp³-hybridized carbons (Fsp3) is 0.143. The van der Waals surface area contributed by atoms with Gasteiger partial charge in [0.05, 0.1) is 5.39 Å². The molecule has 0 saturated carbocycles. The Hall–Kier alpha value is -0.720. The maximum Gasteiger partial charge on any atom is 1.00 e. The monoisotopic (exact) mass is 310 g/mol. The van der Waals surface area contributed by atoms with Crippen molar-refractivity contribution in [1.82, 2.24) is 9.55 Å². The summed E-state index contributed by atoms with van der Waals surface area (Å²) in [5.41, 5.74) is 1.68. The summed E-state index contributed by atoms with van der Waals surface area (Å²) in [5, 5.41) is 0.991. The number of para-hydroxylation sites is 1. The summed E-state index contributed by atoms with van der Waals surface area (Å²) in [6.45, 7) is 3.95. The summed E-state index contributed by atoms with van der Waals surface area (Å²) in [5.74, 6) is 0. The average molecular weight is 310 g/mol. The van der Waals surface area contributed by atoms with Crippen LogP contribution in [0.3, 0.4) is 0 Å². The van der Waals surface area contributed by atoms with Gasteiger partial charge in [0.2, 0.25) is 0 Å². The molecule has 0 aliphatic carbocycles. The van der Waals surface area contributed by atoms with Gasteiger partial charge in [0.1, 0.15) is 4.83 Å². The third-order valence-electron chi connectivity index (χ3n) is 3.19. The second kappa shape index (κ2) is 5.95. The Labute approximate surface area is 148 Å². The predicted octanol–water partition coefficient (Wildman–Crippen LogP) is -0.0262. The molecular formula is C14H11N2NaOS2. The Morgan fingerprint density at radius 1 is 1.20 bits per heavy atom. The molecular weight excluding hydrogens is 299 g/mol. The molecule has 0 amide bonds. The minimum atomic E-state index is -0.0805. The Balaban J connectivity index is 0.00000147. The molecule has 3 rings (SSSR count). The molecule has 0 aliphatic rings. The summed E-state index contributed by atoms with van der Waals surface area (Å²) < 4.78 is 1.50. The third kappa shape index (κ3) is 2.44. The fourth-order valence-electron chi connectivity index (χ4n) is 2.08. The van der Waals surface area contributed by atoms with Gasteiger partial charge in [-0.2, -0.15) is 0 Å². The van der Waals surface area contributed by atoms with Crippen LogP contribution >= 0.6 is 11.3 Å². The summed E-state index contributed by atoms with van der Waals surface area (Å²) in [4.78, 5) is 18.9. The van der Waals surface area contributed by atoms with Gasteiger partial charge in [-0.3, -0.25) is 9.36 Å². The second-order valence-corrected chi connectivity index (χ2v) is 5.90. The molecule has 0 fully saturated rings. The van der Waals surface area contributed by atoms with Crippen LogP contribution in [0.1, 0.15) is 10.4 Å². The van der Waals surface area contributed by atoms with Gasteiger partial charge in [0.25, 0.3) is 5.56 Å².